The Hall–Kier alpha value is -1.41. The van der Waals surface area contributed by atoms with Crippen LogP contribution in [0.15, 0.2) is 0 Å². The average molecular weight is 248 g/mol. The molecular weight excluding hydrogens is 228 g/mol. The number of hydrogen-bond acceptors (Lipinski definition) is 4. The molecule has 0 spiro atoms. The van der Waals surface area contributed by atoms with Crippen LogP contribution in [0, 0.1) is 11.3 Å². The van der Waals surface area contributed by atoms with Gasteiger partial charge in [-0.3, -0.25) is 0 Å². The van der Waals surface area contributed by atoms with Crippen LogP contribution in [0.1, 0.15) is 62.4 Å². The molecule has 1 atom stereocenters. The number of nitrogens with zero attached hydrogens (tertiary/aromatic N) is 4. The summed E-state index contributed by atoms with van der Waals surface area (Å²) in [5, 5.41) is 26.6. The number of aliphatic hydroxyl groups is 1. The molecule has 0 aromatic carbocycles. The number of aromatic nitrogens is 3. The van der Waals surface area contributed by atoms with E-state index in [0.717, 1.165) is 30.7 Å². The van der Waals surface area contributed by atoms with Crippen LogP contribution in [0.2, 0.25) is 0 Å². The molecule has 1 unspecified atom stereocenters. The third kappa shape index (κ3) is 2.39. The van der Waals surface area contributed by atoms with Gasteiger partial charge < -0.3 is 5.11 Å². The molecule has 1 saturated carbocycles. The van der Waals surface area contributed by atoms with Crippen LogP contribution >= 0.6 is 0 Å². The second-order valence-corrected chi connectivity index (χ2v) is 4.93. The maximum atomic E-state index is 9.43. The van der Waals surface area contributed by atoms with Gasteiger partial charge in [-0.1, -0.05) is 25.0 Å². The van der Waals surface area contributed by atoms with Crippen molar-refractivity contribution in [1.82, 2.24) is 15.0 Å². The van der Waals surface area contributed by atoms with Crippen LogP contribution < -0.4 is 0 Å². The zero-order chi connectivity index (χ0) is 13.0. The first-order valence-electron chi connectivity index (χ1n) is 6.73. The maximum Gasteiger partial charge on any atom is 0.100 e. The predicted molar refractivity (Wildman–Crippen MR) is 67.0 cm³/mol. The molecule has 1 N–H and O–H groups in total. The monoisotopic (exact) mass is 248 g/mol. The van der Waals surface area contributed by atoms with Crippen LogP contribution in [-0.2, 0) is 6.42 Å². The molecule has 0 saturated heterocycles. The molecule has 0 bridgehead atoms. The van der Waals surface area contributed by atoms with Crippen molar-refractivity contribution in [2.75, 3.05) is 6.61 Å². The Bertz CT molecular complexity index is 425. The zero-order valence-electron chi connectivity index (χ0n) is 10.8. The summed E-state index contributed by atoms with van der Waals surface area (Å²) < 4.78 is 1.86. The molecule has 1 fully saturated rings. The van der Waals surface area contributed by atoms with Gasteiger partial charge in [0.2, 0.25) is 0 Å². The summed E-state index contributed by atoms with van der Waals surface area (Å²) in [5.74, 6) is 0.462. The van der Waals surface area contributed by atoms with E-state index in [1.165, 1.54) is 12.8 Å². The van der Waals surface area contributed by atoms with Crippen LogP contribution in [0.4, 0.5) is 0 Å². The van der Waals surface area contributed by atoms with Gasteiger partial charge in [0, 0.05) is 5.92 Å². The number of nitriles is 1. The summed E-state index contributed by atoms with van der Waals surface area (Å²) in [4.78, 5) is 0. The summed E-state index contributed by atoms with van der Waals surface area (Å²) in [5.41, 5.74) is 1.89. The first-order chi connectivity index (χ1) is 8.81. The van der Waals surface area contributed by atoms with Crippen molar-refractivity contribution in [3.63, 3.8) is 0 Å². The number of hydrogen-bond donors (Lipinski definition) is 1. The van der Waals surface area contributed by atoms with E-state index in [0.29, 0.717) is 12.3 Å². The van der Waals surface area contributed by atoms with Gasteiger partial charge in [-0.15, -0.1) is 5.10 Å². The molecule has 0 radical (unpaired) electrons. The van der Waals surface area contributed by atoms with E-state index >= 15 is 0 Å². The SMILES string of the molecule is CCC(CO)n1nnc(CC#N)c1C1CCCC1. The summed E-state index contributed by atoms with van der Waals surface area (Å²) >= 11 is 0. The van der Waals surface area contributed by atoms with Crippen LogP contribution in [-0.4, -0.2) is 26.7 Å². The van der Waals surface area contributed by atoms with Crippen molar-refractivity contribution < 1.29 is 5.11 Å². The normalized spacial score (nSPS) is 17.8. The van der Waals surface area contributed by atoms with Crippen LogP contribution in [0.25, 0.3) is 0 Å². The molecule has 1 heterocycles. The third-order valence-corrected chi connectivity index (χ3v) is 3.82. The summed E-state index contributed by atoms with van der Waals surface area (Å²) in [6, 6.07) is 2.14. The second-order valence-electron chi connectivity index (χ2n) is 4.93. The van der Waals surface area contributed by atoms with Crippen molar-refractivity contribution in [2.24, 2.45) is 0 Å². The minimum Gasteiger partial charge on any atom is -0.394 e. The minimum atomic E-state index is -0.0134. The van der Waals surface area contributed by atoms with Gasteiger partial charge >= 0.3 is 0 Å². The minimum absolute atomic E-state index is 0.0134. The van der Waals surface area contributed by atoms with E-state index in [9.17, 15) is 5.11 Å². The van der Waals surface area contributed by atoms with Gasteiger partial charge in [-0.2, -0.15) is 5.26 Å². The van der Waals surface area contributed by atoms with Crippen LogP contribution in [0.5, 0.6) is 0 Å². The molecule has 1 aromatic heterocycles. The Labute approximate surface area is 107 Å². The Morgan fingerprint density at radius 2 is 2.22 bits per heavy atom. The van der Waals surface area contributed by atoms with Gasteiger partial charge in [-0.05, 0) is 19.3 Å². The van der Waals surface area contributed by atoms with E-state index in [1.807, 2.05) is 11.6 Å². The molecule has 1 aliphatic rings. The van der Waals surface area contributed by atoms with Gasteiger partial charge in [0.05, 0.1) is 30.8 Å². The Kier molecular flexibility index (Phi) is 4.32. The topological polar surface area (TPSA) is 74.7 Å². The molecule has 98 valence electrons. The van der Waals surface area contributed by atoms with Gasteiger partial charge in [-0.25, -0.2) is 4.68 Å². The smallest absolute Gasteiger partial charge is 0.100 e. The molecular formula is C13H20N4O. The Morgan fingerprint density at radius 1 is 1.50 bits per heavy atom. The predicted octanol–water partition coefficient (Wildman–Crippen LogP) is 1.95. The Morgan fingerprint density at radius 3 is 2.78 bits per heavy atom. The lowest BCUT2D eigenvalue weighted by Gasteiger charge is -2.18. The highest BCUT2D eigenvalue weighted by Crippen LogP contribution is 2.36. The van der Waals surface area contributed by atoms with Crippen molar-refractivity contribution in [3.05, 3.63) is 11.4 Å². The molecule has 5 nitrogen and oxygen atoms in total. The van der Waals surface area contributed by atoms with Crippen LogP contribution in [0.3, 0.4) is 0 Å². The molecule has 0 amide bonds. The molecule has 1 aliphatic carbocycles. The highest BCUT2D eigenvalue weighted by molar-refractivity contribution is 5.20. The molecule has 1 aromatic rings. The zero-order valence-corrected chi connectivity index (χ0v) is 10.8. The fraction of sp³-hybridized carbons (Fsp3) is 0.769. The van der Waals surface area contributed by atoms with Crippen molar-refractivity contribution >= 4 is 0 Å². The van der Waals surface area contributed by atoms with Gasteiger partial charge in [0.15, 0.2) is 0 Å². The van der Waals surface area contributed by atoms with Gasteiger partial charge in [0.25, 0.3) is 0 Å². The van der Waals surface area contributed by atoms with E-state index in [1.54, 1.807) is 0 Å². The molecule has 0 aliphatic heterocycles. The lowest BCUT2D eigenvalue weighted by molar-refractivity contribution is 0.208. The Balaban J connectivity index is 2.36. The quantitative estimate of drug-likeness (QED) is 0.864. The van der Waals surface area contributed by atoms with E-state index in [-0.39, 0.29) is 12.6 Å². The summed E-state index contributed by atoms with van der Waals surface area (Å²) in [6.45, 7) is 2.11. The largest absolute Gasteiger partial charge is 0.394 e. The standard InChI is InChI=1S/C13H20N4O/c1-2-11(9-18)17-13(10-5-3-4-6-10)12(7-8-14)15-16-17/h10-11,18H,2-7,9H2,1H3. The lowest BCUT2D eigenvalue weighted by atomic mass is 10.00. The first kappa shape index (κ1) is 13.0. The lowest BCUT2D eigenvalue weighted by Crippen LogP contribution is -2.18. The van der Waals surface area contributed by atoms with Crippen molar-refractivity contribution in [1.29, 1.82) is 5.26 Å². The number of rotatable bonds is 5. The highest BCUT2D eigenvalue weighted by Gasteiger charge is 2.27. The molecule has 18 heavy (non-hydrogen) atoms. The average Bonchev–Trinajstić information content (AvgIpc) is 3.00. The third-order valence-electron chi connectivity index (χ3n) is 3.82. The van der Waals surface area contributed by atoms with Crippen molar-refractivity contribution in [3.8, 4) is 6.07 Å². The fourth-order valence-corrected chi connectivity index (χ4v) is 2.81. The molecule has 2 rings (SSSR count). The highest BCUT2D eigenvalue weighted by atomic mass is 16.3. The van der Waals surface area contributed by atoms with E-state index in [4.69, 9.17) is 5.26 Å². The van der Waals surface area contributed by atoms with E-state index < -0.39 is 0 Å². The number of aliphatic hydroxyl groups excluding tert-OH is 1. The second kappa shape index (κ2) is 5.96. The summed E-state index contributed by atoms with van der Waals surface area (Å²) in [7, 11) is 0. The summed E-state index contributed by atoms with van der Waals surface area (Å²) in [6.07, 6.45) is 5.90. The maximum absolute atomic E-state index is 9.43. The fourth-order valence-electron chi connectivity index (χ4n) is 2.81. The van der Waals surface area contributed by atoms with Crippen molar-refractivity contribution in [2.45, 2.75) is 57.4 Å². The first-order valence-corrected chi connectivity index (χ1v) is 6.73. The molecule has 5 heteroatoms. The van der Waals surface area contributed by atoms with Gasteiger partial charge in [0.1, 0.15) is 5.69 Å². The van der Waals surface area contributed by atoms with E-state index in [2.05, 4.69) is 16.4 Å².